The maximum atomic E-state index is 12.7. The number of thioether (sulfide) groups is 1. The van der Waals surface area contributed by atoms with Gasteiger partial charge in [-0.15, -0.1) is 0 Å². The summed E-state index contributed by atoms with van der Waals surface area (Å²) in [6, 6.07) is 15.5. The molecule has 4 nitrogen and oxygen atoms in total. The van der Waals surface area contributed by atoms with Gasteiger partial charge in [-0.1, -0.05) is 40.2 Å². The molecule has 1 unspecified atom stereocenters. The second kappa shape index (κ2) is 7.61. The van der Waals surface area contributed by atoms with Crippen molar-refractivity contribution >= 4 is 44.5 Å². The Morgan fingerprint density at radius 2 is 1.96 bits per heavy atom. The van der Waals surface area contributed by atoms with Crippen molar-refractivity contribution in [1.82, 2.24) is 4.57 Å². The van der Waals surface area contributed by atoms with Crippen molar-refractivity contribution in [3.8, 4) is 0 Å². The summed E-state index contributed by atoms with van der Waals surface area (Å²) in [4.78, 5) is 12.7. The molecule has 1 aliphatic heterocycles. The van der Waals surface area contributed by atoms with Crippen molar-refractivity contribution in [2.45, 2.75) is 24.3 Å². The zero-order chi connectivity index (χ0) is 16.7. The van der Waals surface area contributed by atoms with Gasteiger partial charge in [0.15, 0.2) is 17.6 Å². The van der Waals surface area contributed by atoms with Gasteiger partial charge < -0.3 is 22.1 Å². The fraction of sp³-hybridized carbons (Fsp3) is 0.222. The standard InChI is InChI=1S/C18H16BrN2O2S.BrH/c19-13-7-5-12(6-8-13)17(23)10-21-16-4-2-1-3-15(16)20-9-14(22)11-24-18(20)21;/h1-8,14,22H,9-11H2;1H/q+1;/p-1. The fourth-order valence-electron chi connectivity index (χ4n) is 3.06. The number of hydrogen-bond acceptors (Lipinski definition) is 3. The summed E-state index contributed by atoms with van der Waals surface area (Å²) < 4.78 is 5.14. The molecule has 1 aromatic heterocycles. The molecule has 1 atom stereocenters. The third-order valence-electron chi connectivity index (χ3n) is 4.19. The molecular formula is C18H16Br2N2O2S. The number of rotatable bonds is 3. The second-order valence-corrected chi connectivity index (χ2v) is 7.77. The van der Waals surface area contributed by atoms with E-state index in [1.54, 1.807) is 11.8 Å². The summed E-state index contributed by atoms with van der Waals surface area (Å²) in [6.45, 7) is 0.871. The van der Waals surface area contributed by atoms with Crippen LogP contribution in [0.4, 0.5) is 0 Å². The molecule has 1 N–H and O–H groups in total. The number of nitrogens with zero attached hydrogens (tertiary/aromatic N) is 2. The van der Waals surface area contributed by atoms with Crippen molar-refractivity contribution in [3.63, 3.8) is 0 Å². The van der Waals surface area contributed by atoms with E-state index in [1.807, 2.05) is 48.5 Å². The van der Waals surface area contributed by atoms with Gasteiger partial charge in [0.05, 0.1) is 0 Å². The third kappa shape index (κ3) is 3.56. The summed E-state index contributed by atoms with van der Waals surface area (Å²) in [5, 5.41) is 11.0. The molecule has 4 rings (SSSR count). The van der Waals surface area contributed by atoms with Gasteiger partial charge in [0.2, 0.25) is 5.78 Å². The number of carbonyl (C=O) groups is 1. The smallest absolute Gasteiger partial charge is 0.319 e. The molecule has 0 saturated carbocycles. The molecule has 0 saturated heterocycles. The first kappa shape index (κ1) is 18.6. The van der Waals surface area contributed by atoms with Crippen LogP contribution >= 0.6 is 27.7 Å². The highest BCUT2D eigenvalue weighted by atomic mass is 79.9. The first-order valence-electron chi connectivity index (χ1n) is 7.74. The Bertz CT molecular complexity index is 925. The van der Waals surface area contributed by atoms with Gasteiger partial charge in [-0.3, -0.25) is 4.79 Å². The van der Waals surface area contributed by atoms with Crippen LogP contribution in [0.2, 0.25) is 0 Å². The van der Waals surface area contributed by atoms with Gasteiger partial charge in [0.25, 0.3) is 0 Å². The minimum absolute atomic E-state index is 0. The molecule has 130 valence electrons. The molecule has 0 spiro atoms. The number of imidazole rings is 1. The van der Waals surface area contributed by atoms with Gasteiger partial charge in [0, 0.05) is 15.8 Å². The Hall–Kier alpha value is -1.15. The van der Waals surface area contributed by atoms with E-state index >= 15 is 0 Å². The van der Waals surface area contributed by atoms with Gasteiger partial charge in [-0.25, -0.2) is 9.13 Å². The summed E-state index contributed by atoms with van der Waals surface area (Å²) >= 11 is 5.00. The second-order valence-electron chi connectivity index (χ2n) is 5.86. The van der Waals surface area contributed by atoms with E-state index in [-0.39, 0.29) is 28.9 Å². The minimum atomic E-state index is -0.353. The number of carbonyl (C=O) groups excluding carboxylic acids is 1. The predicted molar refractivity (Wildman–Crippen MR) is 97.3 cm³/mol. The SMILES string of the molecule is O=C(Cn1c2[n+](c3ccccc31)CC(O)CS2)c1ccc(Br)cc1.[Br-]. The van der Waals surface area contributed by atoms with E-state index in [4.69, 9.17) is 0 Å². The topological polar surface area (TPSA) is 46.1 Å². The van der Waals surface area contributed by atoms with Crippen LogP contribution in [0.15, 0.2) is 58.2 Å². The van der Waals surface area contributed by atoms with Crippen molar-refractivity contribution in [3.05, 3.63) is 58.6 Å². The fourth-order valence-corrected chi connectivity index (χ4v) is 4.42. The van der Waals surface area contributed by atoms with Gasteiger partial charge in [-0.05, 0) is 36.0 Å². The Morgan fingerprint density at radius 1 is 1.24 bits per heavy atom. The Labute approximate surface area is 168 Å². The number of hydrogen-bond donors (Lipinski definition) is 1. The maximum absolute atomic E-state index is 12.7. The Kier molecular flexibility index (Phi) is 5.68. The monoisotopic (exact) mass is 482 g/mol. The molecule has 1 aliphatic rings. The van der Waals surface area contributed by atoms with Crippen LogP contribution in [-0.4, -0.2) is 27.3 Å². The van der Waals surface area contributed by atoms with Crippen molar-refractivity contribution < 1.29 is 31.4 Å². The minimum Gasteiger partial charge on any atom is -1.00 e. The zero-order valence-corrected chi connectivity index (χ0v) is 17.2. The lowest BCUT2D eigenvalue weighted by Crippen LogP contribution is -3.00. The Balaban J connectivity index is 0.00000182. The normalized spacial score (nSPS) is 16.3. The molecule has 0 fully saturated rings. The molecule has 2 aromatic carbocycles. The van der Waals surface area contributed by atoms with Crippen LogP contribution in [0.1, 0.15) is 10.4 Å². The third-order valence-corrected chi connectivity index (χ3v) is 5.97. The summed E-state index contributed by atoms with van der Waals surface area (Å²) in [5.41, 5.74) is 2.79. The number of benzene rings is 2. The number of aliphatic hydroxyl groups excluding tert-OH is 1. The lowest BCUT2D eigenvalue weighted by Gasteiger charge is -2.14. The van der Waals surface area contributed by atoms with Crippen molar-refractivity contribution in [2.75, 3.05) is 5.75 Å². The first-order valence-corrected chi connectivity index (χ1v) is 9.52. The number of aromatic nitrogens is 2. The van der Waals surface area contributed by atoms with E-state index in [0.717, 1.165) is 20.7 Å². The highest BCUT2D eigenvalue weighted by Crippen LogP contribution is 2.27. The van der Waals surface area contributed by atoms with Gasteiger partial charge in [0.1, 0.15) is 12.6 Å². The quantitative estimate of drug-likeness (QED) is 0.423. The molecule has 0 bridgehead atoms. The average molecular weight is 484 g/mol. The number of ketones is 1. The lowest BCUT2D eigenvalue weighted by molar-refractivity contribution is -0.717. The van der Waals surface area contributed by atoms with Crippen molar-refractivity contribution in [1.29, 1.82) is 0 Å². The largest absolute Gasteiger partial charge is 1.00 e. The number of Topliss-reactive ketones (excluding diaryl/α,β-unsaturated/α-hetero) is 1. The van der Waals surface area contributed by atoms with Crippen LogP contribution in [-0.2, 0) is 13.1 Å². The summed E-state index contributed by atoms with van der Waals surface area (Å²) in [5.74, 6) is 0.737. The lowest BCUT2D eigenvalue weighted by atomic mass is 10.1. The molecule has 7 heteroatoms. The van der Waals surface area contributed by atoms with E-state index in [9.17, 15) is 9.90 Å². The zero-order valence-electron chi connectivity index (χ0n) is 13.2. The molecule has 0 aliphatic carbocycles. The van der Waals surface area contributed by atoms with Crippen LogP contribution < -0.4 is 21.5 Å². The predicted octanol–water partition coefficient (Wildman–Crippen LogP) is 0.0448. The molecule has 25 heavy (non-hydrogen) atoms. The van der Waals surface area contributed by atoms with E-state index < -0.39 is 0 Å². The molecule has 2 heterocycles. The molecule has 0 amide bonds. The van der Waals surface area contributed by atoms with E-state index in [2.05, 4.69) is 25.1 Å². The number of aliphatic hydroxyl groups is 1. The highest BCUT2D eigenvalue weighted by Gasteiger charge is 2.32. The van der Waals surface area contributed by atoms with E-state index in [0.29, 0.717) is 24.4 Å². The van der Waals surface area contributed by atoms with E-state index in [1.165, 1.54) is 0 Å². The van der Waals surface area contributed by atoms with Crippen LogP contribution in [0.25, 0.3) is 11.0 Å². The number of fused-ring (bicyclic) bond motifs is 3. The first-order chi connectivity index (χ1) is 11.6. The highest BCUT2D eigenvalue weighted by molar-refractivity contribution is 9.10. The molecular weight excluding hydrogens is 468 g/mol. The maximum Gasteiger partial charge on any atom is 0.319 e. The van der Waals surface area contributed by atoms with Crippen LogP contribution in [0.3, 0.4) is 0 Å². The molecule has 3 aromatic rings. The average Bonchev–Trinajstić information content (AvgIpc) is 2.89. The van der Waals surface area contributed by atoms with Gasteiger partial charge >= 0.3 is 5.16 Å². The summed E-state index contributed by atoms with van der Waals surface area (Å²) in [6.07, 6.45) is -0.353. The van der Waals surface area contributed by atoms with Crippen LogP contribution in [0.5, 0.6) is 0 Å². The summed E-state index contributed by atoms with van der Waals surface area (Å²) in [7, 11) is 0. The van der Waals surface area contributed by atoms with Crippen LogP contribution in [0, 0.1) is 0 Å². The van der Waals surface area contributed by atoms with Gasteiger partial charge in [-0.2, -0.15) is 0 Å². The number of para-hydroxylation sites is 2. The molecule has 0 radical (unpaired) electrons. The Morgan fingerprint density at radius 3 is 2.72 bits per heavy atom. The van der Waals surface area contributed by atoms with Crippen molar-refractivity contribution in [2.24, 2.45) is 0 Å². The number of halogens is 2.